The molecule has 0 unspecified atom stereocenters. The third kappa shape index (κ3) is 6.07. The Labute approximate surface area is 178 Å². The molecule has 0 bridgehead atoms. The van der Waals surface area contributed by atoms with Crippen LogP contribution in [0.4, 0.5) is 0 Å². The first-order valence-corrected chi connectivity index (χ1v) is 10.4. The molecule has 1 heterocycles. The number of carbonyl (C=O) groups excluding carboxylic acids is 1. The quantitative estimate of drug-likeness (QED) is 0.532. The normalized spacial score (nSPS) is 14.6. The summed E-state index contributed by atoms with van der Waals surface area (Å²) in [7, 11) is 1.69. The van der Waals surface area contributed by atoms with E-state index in [9.17, 15) is 4.79 Å². The van der Waals surface area contributed by atoms with E-state index in [-0.39, 0.29) is 12.5 Å². The average molecular weight is 410 g/mol. The maximum atomic E-state index is 12.1. The SMILES string of the molecule is COc1ccc(/C(C)=N\NC(=O)COc2cc(C)cc(C)c2)cc1CN1CCCC1. The van der Waals surface area contributed by atoms with Gasteiger partial charge in [-0.3, -0.25) is 9.69 Å². The fraction of sp³-hybridized carbons (Fsp3) is 0.417. The van der Waals surface area contributed by atoms with Crippen molar-refractivity contribution < 1.29 is 14.3 Å². The minimum atomic E-state index is -0.292. The second-order valence-corrected chi connectivity index (χ2v) is 7.85. The summed E-state index contributed by atoms with van der Waals surface area (Å²) in [5.74, 6) is 1.27. The van der Waals surface area contributed by atoms with E-state index in [1.807, 2.05) is 45.0 Å². The zero-order chi connectivity index (χ0) is 21.5. The lowest BCUT2D eigenvalue weighted by molar-refractivity contribution is -0.123. The van der Waals surface area contributed by atoms with Crippen LogP contribution in [0.2, 0.25) is 0 Å². The molecule has 1 N–H and O–H groups in total. The van der Waals surface area contributed by atoms with Crippen molar-refractivity contribution in [3.05, 3.63) is 58.7 Å². The molecule has 0 aliphatic carbocycles. The van der Waals surface area contributed by atoms with Crippen LogP contribution in [0.25, 0.3) is 0 Å². The Bertz CT molecular complexity index is 898. The van der Waals surface area contributed by atoms with E-state index in [0.29, 0.717) is 5.75 Å². The summed E-state index contributed by atoms with van der Waals surface area (Å²) in [6, 6.07) is 11.9. The van der Waals surface area contributed by atoms with Crippen molar-refractivity contribution in [1.29, 1.82) is 0 Å². The molecule has 0 radical (unpaired) electrons. The van der Waals surface area contributed by atoms with Crippen molar-refractivity contribution in [2.45, 2.75) is 40.2 Å². The van der Waals surface area contributed by atoms with Crippen molar-refractivity contribution in [3.63, 3.8) is 0 Å². The molecular weight excluding hydrogens is 378 g/mol. The molecule has 2 aromatic carbocycles. The van der Waals surface area contributed by atoms with Gasteiger partial charge >= 0.3 is 0 Å². The van der Waals surface area contributed by atoms with E-state index in [0.717, 1.165) is 53.3 Å². The van der Waals surface area contributed by atoms with Crippen molar-refractivity contribution in [1.82, 2.24) is 10.3 Å². The van der Waals surface area contributed by atoms with Gasteiger partial charge in [-0.05, 0) is 93.7 Å². The van der Waals surface area contributed by atoms with Gasteiger partial charge in [-0.1, -0.05) is 6.07 Å². The van der Waals surface area contributed by atoms with Gasteiger partial charge in [0.1, 0.15) is 11.5 Å². The molecule has 30 heavy (non-hydrogen) atoms. The minimum Gasteiger partial charge on any atom is -0.496 e. The van der Waals surface area contributed by atoms with Crippen molar-refractivity contribution in [2.75, 3.05) is 26.8 Å². The number of nitrogens with zero attached hydrogens (tertiary/aromatic N) is 2. The molecule has 3 rings (SSSR count). The lowest BCUT2D eigenvalue weighted by Gasteiger charge is -2.17. The van der Waals surface area contributed by atoms with Crippen LogP contribution in [0.5, 0.6) is 11.5 Å². The summed E-state index contributed by atoms with van der Waals surface area (Å²) in [6.45, 7) is 8.91. The molecule has 1 fully saturated rings. The standard InChI is InChI=1S/C24H31N3O3/c1-17-11-18(2)13-22(12-17)30-16-24(28)26-25-19(3)20-7-8-23(29-4)21(14-20)15-27-9-5-6-10-27/h7-8,11-14H,5-6,9-10,15-16H2,1-4H3,(H,26,28)/b25-19-. The van der Waals surface area contributed by atoms with Gasteiger partial charge < -0.3 is 9.47 Å². The highest BCUT2D eigenvalue weighted by Gasteiger charge is 2.15. The molecule has 0 atom stereocenters. The third-order valence-corrected chi connectivity index (χ3v) is 5.20. The highest BCUT2D eigenvalue weighted by molar-refractivity contribution is 5.99. The van der Waals surface area contributed by atoms with Crippen LogP contribution in [0.15, 0.2) is 41.5 Å². The third-order valence-electron chi connectivity index (χ3n) is 5.20. The molecule has 1 aliphatic heterocycles. The predicted molar refractivity (Wildman–Crippen MR) is 119 cm³/mol. The number of aryl methyl sites for hydroxylation is 2. The van der Waals surface area contributed by atoms with Gasteiger partial charge in [-0.25, -0.2) is 5.43 Å². The Hall–Kier alpha value is -2.86. The Balaban J connectivity index is 1.60. The summed E-state index contributed by atoms with van der Waals surface area (Å²) in [5.41, 5.74) is 7.62. The Kier molecular flexibility index (Phi) is 7.46. The van der Waals surface area contributed by atoms with Crippen LogP contribution in [-0.4, -0.2) is 43.3 Å². The molecule has 1 amide bonds. The summed E-state index contributed by atoms with van der Waals surface area (Å²) in [4.78, 5) is 14.6. The van der Waals surface area contributed by atoms with Crippen LogP contribution in [-0.2, 0) is 11.3 Å². The summed E-state index contributed by atoms with van der Waals surface area (Å²) in [5, 5.41) is 4.25. The lowest BCUT2D eigenvalue weighted by atomic mass is 10.1. The van der Waals surface area contributed by atoms with E-state index in [4.69, 9.17) is 9.47 Å². The maximum Gasteiger partial charge on any atom is 0.277 e. The minimum absolute atomic E-state index is 0.0809. The molecule has 0 spiro atoms. The molecular formula is C24H31N3O3. The Morgan fingerprint density at radius 1 is 1.10 bits per heavy atom. The fourth-order valence-electron chi connectivity index (χ4n) is 3.72. The fourth-order valence-corrected chi connectivity index (χ4v) is 3.72. The van der Waals surface area contributed by atoms with Gasteiger partial charge in [-0.15, -0.1) is 0 Å². The van der Waals surface area contributed by atoms with Gasteiger partial charge in [0.25, 0.3) is 5.91 Å². The smallest absolute Gasteiger partial charge is 0.277 e. The highest BCUT2D eigenvalue weighted by Crippen LogP contribution is 2.24. The molecule has 160 valence electrons. The lowest BCUT2D eigenvalue weighted by Crippen LogP contribution is -2.25. The summed E-state index contributed by atoms with van der Waals surface area (Å²) >= 11 is 0. The van der Waals surface area contributed by atoms with Crippen LogP contribution in [0.3, 0.4) is 0 Å². The highest BCUT2D eigenvalue weighted by atomic mass is 16.5. The molecule has 0 saturated carbocycles. The largest absolute Gasteiger partial charge is 0.496 e. The molecule has 1 aliphatic rings. The number of hydrogen-bond donors (Lipinski definition) is 1. The van der Waals surface area contributed by atoms with E-state index in [1.54, 1.807) is 7.11 Å². The number of amides is 1. The average Bonchev–Trinajstić information content (AvgIpc) is 3.23. The first-order chi connectivity index (χ1) is 14.4. The van der Waals surface area contributed by atoms with E-state index in [2.05, 4.69) is 27.6 Å². The number of hydrazone groups is 1. The van der Waals surface area contributed by atoms with Gasteiger partial charge in [0.2, 0.25) is 0 Å². The van der Waals surface area contributed by atoms with Crippen LogP contribution < -0.4 is 14.9 Å². The second-order valence-electron chi connectivity index (χ2n) is 7.85. The number of methoxy groups -OCH3 is 1. The van der Waals surface area contributed by atoms with Gasteiger partial charge in [-0.2, -0.15) is 5.10 Å². The van der Waals surface area contributed by atoms with Crippen LogP contribution in [0, 0.1) is 13.8 Å². The number of rotatable bonds is 8. The number of likely N-dealkylation sites (tertiary alicyclic amines) is 1. The first-order valence-electron chi connectivity index (χ1n) is 10.4. The summed E-state index contributed by atoms with van der Waals surface area (Å²) in [6.07, 6.45) is 2.50. The number of nitrogens with one attached hydrogen (secondary N) is 1. The van der Waals surface area contributed by atoms with Gasteiger partial charge in [0, 0.05) is 12.1 Å². The molecule has 0 aromatic heterocycles. The topological polar surface area (TPSA) is 63.2 Å². The maximum absolute atomic E-state index is 12.1. The van der Waals surface area contributed by atoms with E-state index in [1.165, 1.54) is 12.8 Å². The molecule has 6 heteroatoms. The number of benzene rings is 2. The summed E-state index contributed by atoms with van der Waals surface area (Å²) < 4.78 is 11.1. The van der Waals surface area contributed by atoms with E-state index >= 15 is 0 Å². The number of ether oxygens (including phenoxy) is 2. The zero-order valence-corrected chi connectivity index (χ0v) is 18.3. The van der Waals surface area contributed by atoms with Crippen molar-refractivity contribution >= 4 is 11.6 Å². The molecule has 2 aromatic rings. The number of hydrogen-bond acceptors (Lipinski definition) is 5. The predicted octanol–water partition coefficient (Wildman–Crippen LogP) is 3.83. The van der Waals surface area contributed by atoms with Gasteiger partial charge in [0.05, 0.1) is 12.8 Å². The van der Waals surface area contributed by atoms with Crippen molar-refractivity contribution in [2.24, 2.45) is 5.10 Å². The first kappa shape index (κ1) is 21.8. The van der Waals surface area contributed by atoms with Crippen LogP contribution in [0.1, 0.15) is 42.0 Å². The monoisotopic (exact) mass is 409 g/mol. The van der Waals surface area contributed by atoms with Crippen LogP contribution >= 0.6 is 0 Å². The Morgan fingerprint density at radius 3 is 2.47 bits per heavy atom. The van der Waals surface area contributed by atoms with Gasteiger partial charge in [0.15, 0.2) is 6.61 Å². The Morgan fingerprint density at radius 2 is 1.80 bits per heavy atom. The zero-order valence-electron chi connectivity index (χ0n) is 18.3. The van der Waals surface area contributed by atoms with E-state index < -0.39 is 0 Å². The van der Waals surface area contributed by atoms with Crippen molar-refractivity contribution in [3.8, 4) is 11.5 Å². The number of carbonyl (C=O) groups is 1. The second kappa shape index (κ2) is 10.3. The molecule has 6 nitrogen and oxygen atoms in total. The molecule has 1 saturated heterocycles.